The van der Waals surface area contributed by atoms with Crippen LogP contribution in [0.4, 0.5) is 0 Å². The number of halogens is 1. The van der Waals surface area contributed by atoms with Gasteiger partial charge in [0.05, 0.1) is 14.2 Å². The van der Waals surface area contributed by atoms with Crippen LogP contribution in [0.25, 0.3) is 0 Å². The summed E-state index contributed by atoms with van der Waals surface area (Å²) in [5.41, 5.74) is 12.9. The van der Waals surface area contributed by atoms with Crippen molar-refractivity contribution in [2.75, 3.05) is 33.9 Å². The molecular formula is C21H26ClN3O5. The normalized spacial score (nSPS) is 17.8. The fraction of sp³-hybridized carbons (Fsp3) is 0.333. The minimum absolute atomic E-state index is 0. The Labute approximate surface area is 181 Å². The maximum atomic E-state index is 13.1. The summed E-state index contributed by atoms with van der Waals surface area (Å²) in [4.78, 5) is 25.9. The summed E-state index contributed by atoms with van der Waals surface area (Å²) in [6, 6.07) is 12.9. The van der Waals surface area contributed by atoms with Gasteiger partial charge in [0.15, 0.2) is 18.1 Å². The van der Waals surface area contributed by atoms with Crippen molar-refractivity contribution in [1.82, 2.24) is 4.90 Å². The van der Waals surface area contributed by atoms with Crippen LogP contribution in [0.2, 0.25) is 0 Å². The van der Waals surface area contributed by atoms with E-state index in [-0.39, 0.29) is 54.1 Å². The van der Waals surface area contributed by atoms with Crippen LogP contribution in [0, 0.1) is 0 Å². The summed E-state index contributed by atoms with van der Waals surface area (Å²) in [7, 11) is 2.88. The van der Waals surface area contributed by atoms with Crippen molar-refractivity contribution in [3.63, 3.8) is 0 Å². The van der Waals surface area contributed by atoms with Gasteiger partial charge in [-0.15, -0.1) is 12.4 Å². The molecule has 1 aliphatic heterocycles. The topological polar surface area (TPSA) is 117 Å². The van der Waals surface area contributed by atoms with E-state index in [0.29, 0.717) is 18.7 Å². The van der Waals surface area contributed by atoms with Crippen molar-refractivity contribution in [2.45, 2.75) is 12.0 Å². The molecule has 0 aromatic heterocycles. The molecule has 9 heteroatoms. The molecule has 0 unspecified atom stereocenters. The van der Waals surface area contributed by atoms with Crippen molar-refractivity contribution in [3.05, 3.63) is 53.6 Å². The molecule has 0 radical (unpaired) electrons. The molecule has 1 heterocycles. The average Bonchev–Trinajstić information content (AvgIpc) is 3.13. The zero-order valence-corrected chi connectivity index (χ0v) is 17.7. The number of ether oxygens (including phenoxy) is 3. The average molecular weight is 436 g/mol. The van der Waals surface area contributed by atoms with E-state index in [1.807, 2.05) is 30.3 Å². The van der Waals surface area contributed by atoms with E-state index < -0.39 is 5.91 Å². The van der Waals surface area contributed by atoms with E-state index in [2.05, 4.69) is 0 Å². The third-order valence-electron chi connectivity index (χ3n) is 4.95. The van der Waals surface area contributed by atoms with Crippen LogP contribution in [0.5, 0.6) is 17.2 Å². The van der Waals surface area contributed by atoms with E-state index in [4.69, 9.17) is 25.7 Å². The van der Waals surface area contributed by atoms with E-state index in [1.54, 1.807) is 17.0 Å². The quantitative estimate of drug-likeness (QED) is 0.681. The molecule has 0 aliphatic carbocycles. The predicted molar refractivity (Wildman–Crippen MR) is 115 cm³/mol. The van der Waals surface area contributed by atoms with Crippen LogP contribution in [-0.2, 0) is 4.79 Å². The van der Waals surface area contributed by atoms with E-state index in [1.165, 1.54) is 14.2 Å². The Bertz CT molecular complexity index is 868. The second-order valence-electron chi connectivity index (χ2n) is 6.86. The smallest absolute Gasteiger partial charge is 0.255 e. The summed E-state index contributed by atoms with van der Waals surface area (Å²) in [6.45, 7) is 0.636. The van der Waals surface area contributed by atoms with Gasteiger partial charge in [-0.1, -0.05) is 30.3 Å². The second kappa shape index (κ2) is 10.2. The lowest BCUT2D eigenvalue weighted by atomic mass is 9.95. The van der Waals surface area contributed by atoms with Crippen molar-refractivity contribution in [3.8, 4) is 17.2 Å². The summed E-state index contributed by atoms with van der Waals surface area (Å²) >= 11 is 0. The van der Waals surface area contributed by atoms with Crippen molar-refractivity contribution < 1.29 is 23.8 Å². The van der Waals surface area contributed by atoms with Crippen LogP contribution in [0.1, 0.15) is 21.8 Å². The van der Waals surface area contributed by atoms with Crippen LogP contribution < -0.4 is 25.7 Å². The Kier molecular flexibility index (Phi) is 7.91. The zero-order chi connectivity index (χ0) is 21.0. The molecule has 0 spiro atoms. The van der Waals surface area contributed by atoms with Gasteiger partial charge in [-0.2, -0.15) is 0 Å². The lowest BCUT2D eigenvalue weighted by Gasteiger charge is -2.19. The number of nitrogens with two attached hydrogens (primary N) is 2. The Balaban J connectivity index is 0.00000320. The van der Waals surface area contributed by atoms with Crippen LogP contribution >= 0.6 is 12.4 Å². The van der Waals surface area contributed by atoms with E-state index in [0.717, 1.165) is 5.56 Å². The molecule has 30 heavy (non-hydrogen) atoms. The zero-order valence-electron chi connectivity index (χ0n) is 16.9. The van der Waals surface area contributed by atoms with Crippen LogP contribution in [-0.4, -0.2) is 56.7 Å². The fourth-order valence-corrected chi connectivity index (χ4v) is 3.52. The molecule has 4 N–H and O–H groups in total. The second-order valence-corrected chi connectivity index (χ2v) is 6.86. The van der Waals surface area contributed by atoms with Crippen molar-refractivity contribution in [1.29, 1.82) is 0 Å². The summed E-state index contributed by atoms with van der Waals surface area (Å²) in [5.74, 6) is 0.0195. The van der Waals surface area contributed by atoms with Crippen molar-refractivity contribution in [2.24, 2.45) is 11.5 Å². The molecule has 2 aromatic rings. The monoisotopic (exact) mass is 435 g/mol. The number of primary amides is 1. The minimum Gasteiger partial charge on any atom is -0.493 e. The number of likely N-dealkylation sites (tertiary alicyclic amines) is 1. The maximum absolute atomic E-state index is 13.1. The first-order chi connectivity index (χ1) is 13.9. The first-order valence-electron chi connectivity index (χ1n) is 9.21. The molecular weight excluding hydrogens is 410 g/mol. The van der Waals surface area contributed by atoms with E-state index in [9.17, 15) is 9.59 Å². The molecule has 0 bridgehead atoms. The van der Waals surface area contributed by atoms with Gasteiger partial charge < -0.3 is 30.6 Å². The Morgan fingerprint density at radius 1 is 1.07 bits per heavy atom. The predicted octanol–water partition coefficient (Wildman–Crippen LogP) is 1.56. The summed E-state index contributed by atoms with van der Waals surface area (Å²) in [6.07, 6.45) is 0. The molecule has 1 aliphatic rings. The number of hydrogen-bond donors (Lipinski definition) is 2. The fourth-order valence-electron chi connectivity index (χ4n) is 3.52. The van der Waals surface area contributed by atoms with Gasteiger partial charge in [-0.05, 0) is 17.7 Å². The van der Waals surface area contributed by atoms with Gasteiger partial charge >= 0.3 is 0 Å². The molecule has 2 amide bonds. The largest absolute Gasteiger partial charge is 0.493 e. The van der Waals surface area contributed by atoms with Gasteiger partial charge in [0.1, 0.15) is 0 Å². The highest BCUT2D eigenvalue weighted by molar-refractivity contribution is 5.96. The van der Waals surface area contributed by atoms with Gasteiger partial charge in [0.25, 0.3) is 11.8 Å². The van der Waals surface area contributed by atoms with Crippen LogP contribution in [0.3, 0.4) is 0 Å². The molecule has 3 rings (SSSR count). The number of carbonyl (C=O) groups excluding carboxylic acids is 2. The standard InChI is InChI=1S/C21H25N3O5.ClH/c1-27-17-8-14(9-18(28-2)20(17)29-12-19(23)25)21(26)24-10-15(16(22)11-24)13-6-4-3-5-7-13;/h3-9,15-16H,10-12,22H2,1-2H3,(H2,23,25);1H/t15-,16+;/m0./s1. The number of hydrogen-bond acceptors (Lipinski definition) is 6. The number of carbonyl (C=O) groups is 2. The number of benzene rings is 2. The lowest BCUT2D eigenvalue weighted by molar-refractivity contribution is -0.120. The highest BCUT2D eigenvalue weighted by atomic mass is 35.5. The number of amides is 2. The van der Waals surface area contributed by atoms with Gasteiger partial charge in [-0.3, -0.25) is 9.59 Å². The summed E-state index contributed by atoms with van der Waals surface area (Å²) < 4.78 is 16.1. The SMILES string of the molecule is COc1cc(C(=O)N2C[C@@H](N)[C@H](c3ccccc3)C2)cc(OC)c1OCC(N)=O.Cl. The number of nitrogens with zero attached hydrogens (tertiary/aromatic N) is 1. The van der Waals surface area contributed by atoms with Gasteiger partial charge in [0, 0.05) is 30.6 Å². The lowest BCUT2D eigenvalue weighted by Crippen LogP contribution is -2.32. The van der Waals surface area contributed by atoms with Gasteiger partial charge in [0.2, 0.25) is 5.75 Å². The molecule has 2 atom stereocenters. The minimum atomic E-state index is -0.632. The third kappa shape index (κ3) is 4.95. The molecule has 2 aromatic carbocycles. The molecule has 162 valence electrons. The van der Waals surface area contributed by atoms with E-state index >= 15 is 0 Å². The molecule has 1 fully saturated rings. The number of methoxy groups -OCH3 is 2. The third-order valence-corrected chi connectivity index (χ3v) is 4.95. The first kappa shape index (κ1) is 23.3. The van der Waals surface area contributed by atoms with Crippen molar-refractivity contribution >= 4 is 24.2 Å². The Hall–Kier alpha value is -2.97. The first-order valence-corrected chi connectivity index (χ1v) is 9.21. The molecule has 8 nitrogen and oxygen atoms in total. The Morgan fingerprint density at radius 3 is 2.20 bits per heavy atom. The highest BCUT2D eigenvalue weighted by Gasteiger charge is 2.34. The summed E-state index contributed by atoms with van der Waals surface area (Å²) in [5, 5.41) is 0. The van der Waals surface area contributed by atoms with Gasteiger partial charge in [-0.25, -0.2) is 0 Å². The maximum Gasteiger partial charge on any atom is 0.255 e. The molecule has 0 saturated carbocycles. The molecule has 1 saturated heterocycles. The van der Waals surface area contributed by atoms with Crippen LogP contribution in [0.15, 0.2) is 42.5 Å². The Morgan fingerprint density at radius 2 is 1.67 bits per heavy atom. The highest BCUT2D eigenvalue weighted by Crippen LogP contribution is 2.39. The number of rotatable bonds is 7.